The first-order chi connectivity index (χ1) is 9.08. The number of ether oxygens (including phenoxy) is 2. The molecule has 0 aliphatic carbocycles. The molecule has 0 amide bonds. The van der Waals surface area contributed by atoms with Crippen LogP contribution in [0.2, 0.25) is 0 Å². The number of hydrogen-bond acceptors (Lipinski definition) is 5. The van der Waals surface area contributed by atoms with E-state index < -0.39 is 10.9 Å². The van der Waals surface area contributed by atoms with Crippen molar-refractivity contribution in [2.75, 3.05) is 13.7 Å². The molecule has 1 aromatic rings. The zero-order valence-electron chi connectivity index (χ0n) is 10.6. The standard InChI is InChI=1S/C13H13NO5/c1-3-19-13(15)6-4-5-10-7-8-12(18-2)11(9-10)14(16)17/h7-9H,3,6H2,1-2H3. The molecule has 0 saturated carbocycles. The number of benzene rings is 1. The van der Waals surface area contributed by atoms with Gasteiger partial charge in [-0.3, -0.25) is 14.9 Å². The fourth-order valence-corrected chi connectivity index (χ4v) is 1.34. The van der Waals surface area contributed by atoms with E-state index in [0.717, 1.165) is 0 Å². The minimum absolute atomic E-state index is 0.0479. The monoisotopic (exact) mass is 263 g/mol. The smallest absolute Gasteiger partial charge is 0.317 e. The van der Waals surface area contributed by atoms with E-state index in [4.69, 9.17) is 9.47 Å². The molecule has 100 valence electrons. The van der Waals surface area contributed by atoms with E-state index >= 15 is 0 Å². The van der Waals surface area contributed by atoms with Gasteiger partial charge in [-0.25, -0.2) is 0 Å². The number of nitrogens with zero attached hydrogens (tertiary/aromatic N) is 1. The molecule has 0 unspecified atom stereocenters. The molecule has 1 rings (SSSR count). The number of nitro benzene ring substituents is 1. The van der Waals surface area contributed by atoms with E-state index in [1.165, 1.54) is 19.2 Å². The Morgan fingerprint density at radius 2 is 2.21 bits per heavy atom. The van der Waals surface area contributed by atoms with E-state index in [1.54, 1.807) is 13.0 Å². The third-order valence-electron chi connectivity index (χ3n) is 2.15. The number of carbonyl (C=O) groups excluding carboxylic acids is 1. The van der Waals surface area contributed by atoms with Gasteiger partial charge in [0.1, 0.15) is 6.42 Å². The molecular formula is C13H13NO5. The first-order valence-corrected chi connectivity index (χ1v) is 5.55. The van der Waals surface area contributed by atoms with Crippen molar-refractivity contribution in [2.24, 2.45) is 0 Å². The van der Waals surface area contributed by atoms with Crippen molar-refractivity contribution in [1.82, 2.24) is 0 Å². The summed E-state index contributed by atoms with van der Waals surface area (Å²) in [6.07, 6.45) is -0.0479. The lowest BCUT2D eigenvalue weighted by atomic mass is 10.2. The van der Waals surface area contributed by atoms with Crippen LogP contribution in [0.4, 0.5) is 5.69 Å². The van der Waals surface area contributed by atoms with Crippen molar-refractivity contribution >= 4 is 11.7 Å². The van der Waals surface area contributed by atoms with Crippen molar-refractivity contribution in [2.45, 2.75) is 13.3 Å². The van der Waals surface area contributed by atoms with Gasteiger partial charge in [-0.05, 0) is 19.1 Å². The van der Waals surface area contributed by atoms with Crippen LogP contribution in [-0.2, 0) is 9.53 Å². The van der Waals surface area contributed by atoms with E-state index in [0.29, 0.717) is 12.2 Å². The summed E-state index contributed by atoms with van der Waals surface area (Å²) in [5.41, 5.74) is 0.280. The Labute approximate surface area is 110 Å². The molecule has 6 nitrogen and oxygen atoms in total. The van der Waals surface area contributed by atoms with Crippen LogP contribution in [0.25, 0.3) is 0 Å². The van der Waals surface area contributed by atoms with Crippen LogP contribution in [0.1, 0.15) is 18.9 Å². The highest BCUT2D eigenvalue weighted by Gasteiger charge is 2.14. The molecule has 0 bridgehead atoms. The Bertz CT molecular complexity index is 542. The van der Waals surface area contributed by atoms with Gasteiger partial charge in [-0.2, -0.15) is 0 Å². The lowest BCUT2D eigenvalue weighted by Gasteiger charge is -2.01. The molecule has 19 heavy (non-hydrogen) atoms. The summed E-state index contributed by atoms with van der Waals surface area (Å²) in [4.78, 5) is 21.3. The predicted molar refractivity (Wildman–Crippen MR) is 67.8 cm³/mol. The second kappa shape index (κ2) is 7.01. The summed E-state index contributed by atoms with van der Waals surface area (Å²) in [7, 11) is 1.36. The average Bonchev–Trinajstić information content (AvgIpc) is 2.38. The second-order valence-corrected chi connectivity index (χ2v) is 3.43. The summed E-state index contributed by atoms with van der Waals surface area (Å²) in [6.45, 7) is 2.01. The third kappa shape index (κ3) is 4.32. The van der Waals surface area contributed by atoms with Gasteiger partial charge in [0.2, 0.25) is 0 Å². The number of esters is 1. The summed E-state index contributed by atoms with van der Waals surface area (Å²) < 4.78 is 9.58. The fraction of sp³-hybridized carbons (Fsp3) is 0.308. The minimum Gasteiger partial charge on any atom is -0.490 e. The molecule has 0 aliphatic rings. The van der Waals surface area contributed by atoms with Crippen molar-refractivity contribution in [1.29, 1.82) is 0 Å². The van der Waals surface area contributed by atoms with Crippen LogP contribution in [0.15, 0.2) is 18.2 Å². The van der Waals surface area contributed by atoms with Crippen molar-refractivity contribution in [3.8, 4) is 17.6 Å². The Balaban J connectivity index is 2.86. The SMILES string of the molecule is CCOC(=O)CC#Cc1ccc(OC)c([N+](=O)[O-])c1. The number of rotatable bonds is 4. The van der Waals surface area contributed by atoms with Gasteiger partial charge < -0.3 is 9.47 Å². The highest BCUT2D eigenvalue weighted by atomic mass is 16.6. The quantitative estimate of drug-likeness (QED) is 0.359. The molecule has 0 aromatic heterocycles. The molecule has 1 aromatic carbocycles. The molecule has 0 radical (unpaired) electrons. The molecule has 0 atom stereocenters. The molecule has 0 fully saturated rings. The predicted octanol–water partition coefficient (Wildman–Crippen LogP) is 1.91. The maximum Gasteiger partial charge on any atom is 0.317 e. The van der Waals surface area contributed by atoms with Gasteiger partial charge in [0.05, 0.1) is 18.6 Å². The number of nitro groups is 1. The van der Waals surface area contributed by atoms with Crippen LogP contribution in [0.3, 0.4) is 0 Å². The molecule has 0 aliphatic heterocycles. The van der Waals surface area contributed by atoms with Crippen molar-refractivity contribution < 1.29 is 19.2 Å². The minimum atomic E-state index is -0.546. The zero-order chi connectivity index (χ0) is 14.3. The molecular weight excluding hydrogens is 250 g/mol. The molecule has 6 heteroatoms. The van der Waals surface area contributed by atoms with Gasteiger partial charge in [0.15, 0.2) is 5.75 Å². The molecule has 0 N–H and O–H groups in total. The van der Waals surface area contributed by atoms with E-state index in [9.17, 15) is 14.9 Å². The Hall–Kier alpha value is -2.55. The Morgan fingerprint density at radius 1 is 1.47 bits per heavy atom. The fourth-order valence-electron chi connectivity index (χ4n) is 1.34. The van der Waals surface area contributed by atoms with Crippen LogP contribution in [-0.4, -0.2) is 24.6 Å². The number of hydrogen-bond donors (Lipinski definition) is 0. The molecule has 0 spiro atoms. The van der Waals surface area contributed by atoms with Gasteiger partial charge in [-0.1, -0.05) is 11.8 Å². The summed E-state index contributed by atoms with van der Waals surface area (Å²) in [5, 5.41) is 10.8. The molecule has 0 saturated heterocycles. The topological polar surface area (TPSA) is 78.7 Å². The lowest BCUT2D eigenvalue weighted by molar-refractivity contribution is -0.385. The number of carbonyl (C=O) groups is 1. The Morgan fingerprint density at radius 3 is 2.79 bits per heavy atom. The first kappa shape index (κ1) is 14.5. The van der Waals surface area contributed by atoms with Crippen molar-refractivity contribution in [3.05, 3.63) is 33.9 Å². The highest BCUT2D eigenvalue weighted by molar-refractivity contribution is 5.72. The van der Waals surface area contributed by atoms with Crippen molar-refractivity contribution in [3.63, 3.8) is 0 Å². The number of methoxy groups -OCH3 is 1. The second-order valence-electron chi connectivity index (χ2n) is 3.43. The third-order valence-corrected chi connectivity index (χ3v) is 2.15. The Kier molecular flexibility index (Phi) is 5.35. The van der Waals surface area contributed by atoms with Crippen LogP contribution >= 0.6 is 0 Å². The lowest BCUT2D eigenvalue weighted by Crippen LogP contribution is -2.01. The largest absolute Gasteiger partial charge is 0.490 e. The summed E-state index contributed by atoms with van der Waals surface area (Å²) >= 11 is 0. The average molecular weight is 263 g/mol. The molecule has 0 heterocycles. The highest BCUT2D eigenvalue weighted by Crippen LogP contribution is 2.27. The van der Waals surface area contributed by atoms with E-state index in [1.807, 2.05) is 0 Å². The zero-order valence-corrected chi connectivity index (χ0v) is 10.6. The normalized spacial score (nSPS) is 9.16. The van der Waals surface area contributed by atoms with Crippen LogP contribution < -0.4 is 4.74 Å². The summed E-state index contributed by atoms with van der Waals surface area (Å²) in [5.74, 6) is 5.02. The van der Waals surface area contributed by atoms with Gasteiger partial charge >= 0.3 is 11.7 Å². The maximum absolute atomic E-state index is 11.1. The van der Waals surface area contributed by atoms with Gasteiger partial charge in [0.25, 0.3) is 0 Å². The van der Waals surface area contributed by atoms with Crippen LogP contribution in [0.5, 0.6) is 5.75 Å². The maximum atomic E-state index is 11.1. The van der Waals surface area contributed by atoms with Crippen LogP contribution in [0, 0.1) is 22.0 Å². The first-order valence-electron chi connectivity index (χ1n) is 5.55. The van der Waals surface area contributed by atoms with E-state index in [-0.39, 0.29) is 17.9 Å². The summed E-state index contributed by atoms with van der Waals surface area (Å²) in [6, 6.07) is 4.35. The van der Waals surface area contributed by atoms with Gasteiger partial charge in [0, 0.05) is 11.6 Å². The van der Waals surface area contributed by atoms with E-state index in [2.05, 4.69) is 11.8 Å². The van der Waals surface area contributed by atoms with Gasteiger partial charge in [-0.15, -0.1) is 0 Å².